The van der Waals surface area contributed by atoms with Crippen LogP contribution in [0.25, 0.3) is 0 Å². The second-order valence-electron chi connectivity index (χ2n) is 3.17. The minimum Gasteiger partial charge on any atom is -0.480 e. The van der Waals surface area contributed by atoms with Crippen molar-refractivity contribution in [2.24, 2.45) is 0 Å². The molecule has 0 aliphatic rings. The lowest BCUT2D eigenvalue weighted by atomic mass is 10.3. The van der Waals surface area contributed by atoms with Crippen LogP contribution in [0.4, 0.5) is 0 Å². The van der Waals surface area contributed by atoms with E-state index in [0.717, 1.165) is 0 Å². The molecule has 0 aliphatic heterocycles. The van der Waals surface area contributed by atoms with Crippen LogP contribution in [-0.4, -0.2) is 25.1 Å². The number of halogens is 3. The maximum atomic E-state index is 11.3. The molecule has 1 aromatic rings. The lowest BCUT2D eigenvalue weighted by molar-refractivity contribution is -0.144. The van der Waals surface area contributed by atoms with Crippen molar-refractivity contribution in [2.75, 3.05) is 19.1 Å². The number of ether oxygens (including phenoxy) is 2. The third-order valence-electron chi connectivity index (χ3n) is 1.84. The first-order chi connectivity index (χ1) is 8.63. The van der Waals surface area contributed by atoms with Crippen LogP contribution >= 0.6 is 34.8 Å². The number of alkyl halides is 1. The monoisotopic (exact) mass is 308 g/mol. The van der Waals surface area contributed by atoms with Gasteiger partial charge in [0, 0.05) is 10.9 Å². The first kappa shape index (κ1) is 15.2. The van der Waals surface area contributed by atoms with Crippen molar-refractivity contribution >= 4 is 40.8 Å². The first-order valence-electron chi connectivity index (χ1n) is 5.08. The topological polar surface area (TPSA) is 35.5 Å². The third kappa shape index (κ3) is 5.63. The van der Waals surface area contributed by atoms with Gasteiger partial charge in [0.05, 0.1) is 5.02 Å². The Morgan fingerprint density at radius 2 is 2.06 bits per heavy atom. The van der Waals surface area contributed by atoms with Gasteiger partial charge in [-0.2, -0.15) is 0 Å². The van der Waals surface area contributed by atoms with Crippen molar-refractivity contribution in [2.45, 2.75) is 0 Å². The fraction of sp³-hybridized carbons (Fsp3) is 0.250. The van der Waals surface area contributed by atoms with E-state index in [2.05, 4.69) is 0 Å². The van der Waals surface area contributed by atoms with Gasteiger partial charge in [-0.1, -0.05) is 35.4 Å². The summed E-state index contributed by atoms with van der Waals surface area (Å²) in [5.74, 6) is 0.281. The van der Waals surface area contributed by atoms with Crippen molar-refractivity contribution < 1.29 is 14.3 Å². The zero-order valence-corrected chi connectivity index (χ0v) is 11.6. The molecule has 0 atom stereocenters. The van der Waals surface area contributed by atoms with Gasteiger partial charge in [-0.3, -0.25) is 0 Å². The highest BCUT2D eigenvalue weighted by Gasteiger charge is 2.06. The Morgan fingerprint density at radius 3 is 2.72 bits per heavy atom. The van der Waals surface area contributed by atoms with Crippen LogP contribution in [-0.2, 0) is 9.53 Å². The van der Waals surface area contributed by atoms with Gasteiger partial charge in [-0.05, 0) is 18.2 Å². The van der Waals surface area contributed by atoms with Gasteiger partial charge in [0.15, 0.2) is 6.61 Å². The molecule has 0 radical (unpaired) electrons. The summed E-state index contributed by atoms with van der Waals surface area (Å²) in [4.78, 5) is 11.3. The number of carbonyl (C=O) groups excluding carboxylic acids is 1. The summed E-state index contributed by atoms with van der Waals surface area (Å²) in [6.45, 7) is -0.0423. The molecular weight excluding hydrogens is 298 g/mol. The number of carbonyl (C=O) groups is 1. The SMILES string of the molecule is O=C(COc1ccc(Cl)cc1Cl)OC/C=C/CCl. The maximum absolute atomic E-state index is 11.3. The van der Waals surface area contributed by atoms with E-state index in [1.54, 1.807) is 24.3 Å². The molecule has 0 aliphatic carbocycles. The van der Waals surface area contributed by atoms with Gasteiger partial charge in [-0.25, -0.2) is 4.79 Å². The van der Waals surface area contributed by atoms with Crippen LogP contribution in [0.1, 0.15) is 0 Å². The number of benzene rings is 1. The van der Waals surface area contributed by atoms with Gasteiger partial charge in [0.25, 0.3) is 0 Å². The van der Waals surface area contributed by atoms with Gasteiger partial charge in [0.1, 0.15) is 12.4 Å². The predicted molar refractivity (Wildman–Crippen MR) is 72.8 cm³/mol. The van der Waals surface area contributed by atoms with Crippen LogP contribution in [0.5, 0.6) is 5.75 Å². The van der Waals surface area contributed by atoms with Crippen LogP contribution < -0.4 is 4.74 Å². The normalized spacial score (nSPS) is 10.6. The van der Waals surface area contributed by atoms with Crippen LogP contribution in [0.3, 0.4) is 0 Å². The highest BCUT2D eigenvalue weighted by Crippen LogP contribution is 2.27. The summed E-state index contributed by atoms with van der Waals surface area (Å²) in [5.41, 5.74) is 0. The van der Waals surface area contributed by atoms with Gasteiger partial charge in [0.2, 0.25) is 0 Å². The minimum absolute atomic E-state index is 0.170. The number of rotatable bonds is 6. The van der Waals surface area contributed by atoms with Crippen molar-refractivity contribution in [3.05, 3.63) is 40.4 Å². The van der Waals surface area contributed by atoms with Crippen molar-refractivity contribution in [3.8, 4) is 5.75 Å². The Kier molecular flexibility index (Phi) is 6.94. The van der Waals surface area contributed by atoms with Crippen LogP contribution in [0.15, 0.2) is 30.4 Å². The molecule has 0 unspecified atom stereocenters. The second-order valence-corrected chi connectivity index (χ2v) is 4.32. The minimum atomic E-state index is -0.486. The molecule has 0 bridgehead atoms. The quantitative estimate of drug-likeness (QED) is 0.456. The summed E-state index contributed by atoms with van der Waals surface area (Å²) in [6, 6.07) is 4.75. The number of esters is 1. The third-order valence-corrected chi connectivity index (χ3v) is 2.54. The van der Waals surface area contributed by atoms with Crippen molar-refractivity contribution in [1.29, 1.82) is 0 Å². The summed E-state index contributed by atoms with van der Waals surface area (Å²) >= 11 is 17.0. The fourth-order valence-corrected chi connectivity index (χ4v) is 1.63. The summed E-state index contributed by atoms with van der Waals surface area (Å²) in [7, 11) is 0. The Bertz CT molecular complexity index is 433. The van der Waals surface area contributed by atoms with E-state index in [4.69, 9.17) is 44.3 Å². The van der Waals surface area contributed by atoms with Gasteiger partial charge >= 0.3 is 5.97 Å². The van der Waals surface area contributed by atoms with Crippen LogP contribution in [0.2, 0.25) is 10.0 Å². The van der Waals surface area contributed by atoms with E-state index >= 15 is 0 Å². The average Bonchev–Trinajstić information content (AvgIpc) is 2.33. The average molecular weight is 310 g/mol. The Hall–Kier alpha value is -0.900. The molecule has 18 heavy (non-hydrogen) atoms. The van der Waals surface area contributed by atoms with E-state index in [0.29, 0.717) is 21.7 Å². The highest BCUT2D eigenvalue weighted by molar-refractivity contribution is 6.35. The van der Waals surface area contributed by atoms with Crippen LogP contribution in [0, 0.1) is 0 Å². The smallest absolute Gasteiger partial charge is 0.344 e. The van der Waals surface area contributed by atoms with E-state index < -0.39 is 5.97 Å². The molecule has 1 aromatic carbocycles. The molecule has 0 spiro atoms. The molecule has 6 heteroatoms. The predicted octanol–water partition coefficient (Wildman–Crippen LogP) is 3.71. The zero-order chi connectivity index (χ0) is 13.4. The molecule has 0 amide bonds. The maximum Gasteiger partial charge on any atom is 0.344 e. The largest absolute Gasteiger partial charge is 0.480 e. The van der Waals surface area contributed by atoms with Crippen molar-refractivity contribution in [3.63, 3.8) is 0 Å². The molecule has 0 heterocycles. The fourth-order valence-electron chi connectivity index (χ4n) is 1.04. The molecule has 0 aromatic heterocycles. The summed E-state index contributed by atoms with van der Waals surface area (Å²) < 4.78 is 10.0. The highest BCUT2D eigenvalue weighted by atomic mass is 35.5. The Labute approximate surface area is 120 Å². The first-order valence-corrected chi connectivity index (χ1v) is 6.37. The number of hydrogen-bond donors (Lipinski definition) is 0. The molecular formula is C12H11Cl3O3. The van der Waals surface area contributed by atoms with E-state index in [1.807, 2.05) is 0 Å². The van der Waals surface area contributed by atoms with Gasteiger partial charge in [-0.15, -0.1) is 11.6 Å². The van der Waals surface area contributed by atoms with Gasteiger partial charge < -0.3 is 9.47 Å². The summed E-state index contributed by atoms with van der Waals surface area (Å²) in [5, 5.41) is 0.846. The van der Waals surface area contributed by atoms with Crippen molar-refractivity contribution in [1.82, 2.24) is 0 Å². The van der Waals surface area contributed by atoms with E-state index in [-0.39, 0.29) is 13.2 Å². The lowest BCUT2D eigenvalue weighted by Crippen LogP contribution is -2.15. The number of allylic oxidation sites excluding steroid dienone is 1. The lowest BCUT2D eigenvalue weighted by Gasteiger charge is -2.07. The standard InChI is InChI=1S/C12H11Cl3O3/c13-5-1-2-6-17-12(16)8-18-11-4-3-9(14)7-10(11)15/h1-4,7H,5-6,8H2/b2-1+. The number of hydrogen-bond acceptors (Lipinski definition) is 3. The van der Waals surface area contributed by atoms with E-state index in [1.165, 1.54) is 6.07 Å². The summed E-state index contributed by atoms with van der Waals surface area (Å²) in [6.07, 6.45) is 3.34. The Morgan fingerprint density at radius 1 is 1.28 bits per heavy atom. The molecule has 1 rings (SSSR count). The molecule has 0 saturated carbocycles. The molecule has 0 N–H and O–H groups in total. The second kappa shape index (κ2) is 8.25. The zero-order valence-electron chi connectivity index (χ0n) is 9.37. The molecule has 0 saturated heterocycles. The molecule has 98 valence electrons. The Balaban J connectivity index is 2.36. The molecule has 0 fully saturated rings. The molecule has 3 nitrogen and oxygen atoms in total. The van der Waals surface area contributed by atoms with E-state index in [9.17, 15) is 4.79 Å².